The molecule has 1 aliphatic heterocycles. The highest BCUT2D eigenvalue weighted by atomic mass is 32.2. The molecule has 1 aliphatic rings. The van der Waals surface area contributed by atoms with Gasteiger partial charge in [0.25, 0.3) is 5.91 Å². The Kier molecular flexibility index (Phi) is 5.83. The molecule has 150 valence electrons. The maximum Gasteiger partial charge on any atom is 0.357 e. The molecular weight excluding hydrogens is 382 g/mol. The zero-order valence-corrected chi connectivity index (χ0v) is 16.6. The standard InChI is InChI=1S/C19H23N3O5S/c1-3-22(15-9-10-28(25,26)12-15)18(23)13(2)27-19(24)17-11-16(20-21-17)14-7-5-4-6-8-14/h4-8,11,13,15H,3,9-10,12H2,1-2H3,(H,20,21)/t13-,15+/m1/s1. The van der Waals surface area contributed by atoms with E-state index in [9.17, 15) is 18.0 Å². The number of aromatic amines is 1. The van der Waals surface area contributed by atoms with Gasteiger partial charge in [-0.15, -0.1) is 0 Å². The Morgan fingerprint density at radius 2 is 2.04 bits per heavy atom. The number of ether oxygens (including phenoxy) is 1. The van der Waals surface area contributed by atoms with Crippen LogP contribution in [0, 0.1) is 0 Å². The fourth-order valence-corrected chi connectivity index (χ4v) is 5.04. The minimum absolute atomic E-state index is 0.0474. The van der Waals surface area contributed by atoms with Crippen LogP contribution in [-0.2, 0) is 19.4 Å². The minimum atomic E-state index is -3.11. The average molecular weight is 405 g/mol. The number of H-pyrrole nitrogens is 1. The van der Waals surface area contributed by atoms with E-state index in [0.29, 0.717) is 18.7 Å². The van der Waals surface area contributed by atoms with E-state index in [0.717, 1.165) is 5.56 Å². The van der Waals surface area contributed by atoms with Gasteiger partial charge in [0.05, 0.1) is 17.2 Å². The summed E-state index contributed by atoms with van der Waals surface area (Å²) in [6.45, 7) is 3.61. The van der Waals surface area contributed by atoms with Crippen LogP contribution in [0.4, 0.5) is 0 Å². The lowest BCUT2D eigenvalue weighted by atomic mass is 10.1. The number of benzene rings is 1. The molecule has 2 aromatic rings. The van der Waals surface area contributed by atoms with Crippen LogP contribution in [0.1, 0.15) is 30.8 Å². The second-order valence-corrected chi connectivity index (χ2v) is 8.99. The van der Waals surface area contributed by atoms with Crippen molar-refractivity contribution >= 4 is 21.7 Å². The molecule has 0 bridgehead atoms. The number of aromatic nitrogens is 2. The van der Waals surface area contributed by atoms with Gasteiger partial charge in [0.2, 0.25) is 0 Å². The van der Waals surface area contributed by atoms with Crippen LogP contribution >= 0.6 is 0 Å². The molecule has 9 heteroatoms. The number of amides is 1. The zero-order chi connectivity index (χ0) is 20.3. The summed E-state index contributed by atoms with van der Waals surface area (Å²) >= 11 is 0. The van der Waals surface area contributed by atoms with Gasteiger partial charge in [0, 0.05) is 18.2 Å². The Bertz CT molecular complexity index is 955. The Morgan fingerprint density at radius 3 is 2.64 bits per heavy atom. The van der Waals surface area contributed by atoms with E-state index in [4.69, 9.17) is 4.74 Å². The smallest absolute Gasteiger partial charge is 0.357 e. The number of hydrogen-bond donors (Lipinski definition) is 1. The first-order valence-corrected chi connectivity index (χ1v) is 11.0. The maximum atomic E-state index is 12.7. The van der Waals surface area contributed by atoms with Crippen molar-refractivity contribution in [1.29, 1.82) is 0 Å². The molecule has 1 aromatic heterocycles. The monoisotopic (exact) mass is 405 g/mol. The zero-order valence-electron chi connectivity index (χ0n) is 15.8. The average Bonchev–Trinajstić information content (AvgIpc) is 3.30. The van der Waals surface area contributed by atoms with Crippen molar-refractivity contribution < 1.29 is 22.7 Å². The van der Waals surface area contributed by atoms with Crippen LogP contribution in [0.2, 0.25) is 0 Å². The van der Waals surface area contributed by atoms with Gasteiger partial charge in [-0.25, -0.2) is 13.2 Å². The molecule has 1 amide bonds. The van der Waals surface area contributed by atoms with Crippen LogP contribution < -0.4 is 0 Å². The molecule has 0 radical (unpaired) electrons. The second-order valence-electron chi connectivity index (χ2n) is 6.76. The lowest BCUT2D eigenvalue weighted by Crippen LogP contribution is -2.46. The van der Waals surface area contributed by atoms with Crippen molar-refractivity contribution in [3.63, 3.8) is 0 Å². The van der Waals surface area contributed by atoms with Gasteiger partial charge in [-0.1, -0.05) is 30.3 Å². The predicted molar refractivity (Wildman–Crippen MR) is 103 cm³/mol. The molecule has 0 spiro atoms. The topological polar surface area (TPSA) is 109 Å². The van der Waals surface area contributed by atoms with Gasteiger partial charge in [0.1, 0.15) is 5.69 Å². The third-order valence-corrected chi connectivity index (χ3v) is 6.52. The lowest BCUT2D eigenvalue weighted by molar-refractivity contribution is -0.141. The predicted octanol–water partition coefficient (Wildman–Crippen LogP) is 1.66. The summed E-state index contributed by atoms with van der Waals surface area (Å²) in [5.41, 5.74) is 1.59. The van der Waals surface area contributed by atoms with Gasteiger partial charge in [-0.3, -0.25) is 9.89 Å². The highest BCUT2D eigenvalue weighted by molar-refractivity contribution is 7.91. The number of sulfone groups is 1. The summed E-state index contributed by atoms with van der Waals surface area (Å²) < 4.78 is 28.7. The van der Waals surface area contributed by atoms with Crippen molar-refractivity contribution in [2.75, 3.05) is 18.1 Å². The Labute approximate surface area is 163 Å². The minimum Gasteiger partial charge on any atom is -0.448 e. The van der Waals surface area contributed by atoms with E-state index < -0.39 is 27.8 Å². The van der Waals surface area contributed by atoms with E-state index in [1.54, 1.807) is 13.0 Å². The highest BCUT2D eigenvalue weighted by Gasteiger charge is 2.36. The first-order valence-electron chi connectivity index (χ1n) is 9.13. The van der Waals surface area contributed by atoms with Crippen LogP contribution in [0.5, 0.6) is 0 Å². The summed E-state index contributed by atoms with van der Waals surface area (Å²) in [6.07, 6.45) is -0.622. The van der Waals surface area contributed by atoms with Gasteiger partial charge in [-0.05, 0) is 26.3 Å². The summed E-state index contributed by atoms with van der Waals surface area (Å²) in [6, 6.07) is 10.5. The molecule has 0 unspecified atom stereocenters. The van der Waals surface area contributed by atoms with Crippen molar-refractivity contribution in [1.82, 2.24) is 15.1 Å². The molecular formula is C19H23N3O5S. The van der Waals surface area contributed by atoms with Crippen molar-refractivity contribution in [2.24, 2.45) is 0 Å². The van der Waals surface area contributed by atoms with E-state index in [2.05, 4.69) is 10.2 Å². The number of nitrogens with zero attached hydrogens (tertiary/aromatic N) is 2. The largest absolute Gasteiger partial charge is 0.448 e. The number of carbonyl (C=O) groups excluding carboxylic acids is 2. The van der Waals surface area contributed by atoms with E-state index in [1.807, 2.05) is 30.3 Å². The molecule has 1 N–H and O–H groups in total. The van der Waals surface area contributed by atoms with Crippen molar-refractivity contribution in [3.8, 4) is 11.3 Å². The third kappa shape index (κ3) is 4.41. The quantitative estimate of drug-likeness (QED) is 0.732. The summed E-state index contributed by atoms with van der Waals surface area (Å²) in [4.78, 5) is 26.6. The number of hydrogen-bond acceptors (Lipinski definition) is 6. The van der Waals surface area contributed by atoms with Gasteiger partial charge in [0.15, 0.2) is 15.9 Å². The van der Waals surface area contributed by atoms with E-state index in [1.165, 1.54) is 11.8 Å². The van der Waals surface area contributed by atoms with Gasteiger partial charge in [-0.2, -0.15) is 5.10 Å². The van der Waals surface area contributed by atoms with Gasteiger partial charge < -0.3 is 9.64 Å². The molecule has 28 heavy (non-hydrogen) atoms. The fraction of sp³-hybridized carbons (Fsp3) is 0.421. The van der Waals surface area contributed by atoms with Crippen LogP contribution in [-0.4, -0.2) is 65.6 Å². The number of rotatable bonds is 6. The van der Waals surface area contributed by atoms with Gasteiger partial charge >= 0.3 is 5.97 Å². The summed E-state index contributed by atoms with van der Waals surface area (Å²) in [7, 11) is -3.11. The van der Waals surface area contributed by atoms with E-state index in [-0.39, 0.29) is 23.2 Å². The normalized spacial score (nSPS) is 19.1. The Hall–Kier alpha value is -2.68. The molecule has 0 aliphatic carbocycles. The number of nitrogens with one attached hydrogen (secondary N) is 1. The molecule has 0 saturated carbocycles. The van der Waals surface area contributed by atoms with Crippen LogP contribution in [0.15, 0.2) is 36.4 Å². The molecule has 8 nitrogen and oxygen atoms in total. The maximum absolute atomic E-state index is 12.7. The second kappa shape index (κ2) is 8.14. The van der Waals surface area contributed by atoms with Crippen molar-refractivity contribution in [2.45, 2.75) is 32.4 Å². The number of carbonyl (C=O) groups is 2. The van der Waals surface area contributed by atoms with Crippen molar-refractivity contribution in [3.05, 3.63) is 42.1 Å². The van der Waals surface area contributed by atoms with Crippen LogP contribution in [0.25, 0.3) is 11.3 Å². The van der Waals surface area contributed by atoms with Crippen LogP contribution in [0.3, 0.4) is 0 Å². The number of esters is 1. The molecule has 1 fully saturated rings. The highest BCUT2D eigenvalue weighted by Crippen LogP contribution is 2.20. The summed E-state index contributed by atoms with van der Waals surface area (Å²) in [5, 5.41) is 6.73. The summed E-state index contributed by atoms with van der Waals surface area (Å²) in [5.74, 6) is -1.06. The number of likely N-dealkylation sites (N-methyl/N-ethyl adjacent to an activating group) is 1. The first kappa shape index (κ1) is 20.1. The molecule has 1 aromatic carbocycles. The molecule has 2 heterocycles. The lowest BCUT2D eigenvalue weighted by Gasteiger charge is -2.29. The fourth-order valence-electron chi connectivity index (χ4n) is 3.31. The first-order chi connectivity index (χ1) is 13.3. The SMILES string of the molecule is CCN(C(=O)[C@@H](C)OC(=O)c1cc(-c2ccccc2)n[nH]1)[C@H]1CCS(=O)(=O)C1. The Morgan fingerprint density at radius 1 is 1.32 bits per heavy atom. The Balaban J connectivity index is 1.65. The molecule has 2 atom stereocenters. The molecule has 3 rings (SSSR count). The third-order valence-electron chi connectivity index (χ3n) is 4.77. The van der Waals surface area contributed by atoms with E-state index >= 15 is 0 Å². The molecule has 1 saturated heterocycles.